The molecular formula is C18H16FN3O2. The summed E-state index contributed by atoms with van der Waals surface area (Å²) in [6.45, 7) is 0.487. The number of carbonyl (C=O) groups is 1. The third-order valence-corrected chi connectivity index (χ3v) is 3.23. The minimum absolute atomic E-state index is 0.0765. The Labute approximate surface area is 139 Å². The number of carbonyl (C=O) groups excluding carboxylic acids is 1. The fourth-order valence-corrected chi connectivity index (χ4v) is 1.96. The molecule has 0 bridgehead atoms. The molecule has 0 spiro atoms. The summed E-state index contributed by atoms with van der Waals surface area (Å²) in [5, 5.41) is 24.0. The van der Waals surface area contributed by atoms with Crippen molar-refractivity contribution in [1.82, 2.24) is 5.32 Å². The smallest absolute Gasteiger partial charge is 0.267 e. The van der Waals surface area contributed by atoms with E-state index in [2.05, 4.69) is 10.6 Å². The minimum atomic E-state index is -0.617. The van der Waals surface area contributed by atoms with Crippen molar-refractivity contribution in [2.24, 2.45) is 0 Å². The molecule has 2 aromatic rings. The Morgan fingerprint density at radius 1 is 1.21 bits per heavy atom. The van der Waals surface area contributed by atoms with Crippen LogP contribution >= 0.6 is 0 Å². The number of para-hydroxylation sites is 2. The van der Waals surface area contributed by atoms with Crippen LogP contribution in [-0.2, 0) is 11.2 Å². The predicted octanol–water partition coefficient (Wildman–Crippen LogP) is 2.71. The van der Waals surface area contributed by atoms with Gasteiger partial charge in [0.05, 0.1) is 5.69 Å². The molecule has 1 amide bonds. The van der Waals surface area contributed by atoms with Crippen LogP contribution in [0.5, 0.6) is 5.75 Å². The van der Waals surface area contributed by atoms with E-state index in [-0.39, 0.29) is 22.8 Å². The lowest BCUT2D eigenvalue weighted by Crippen LogP contribution is -2.18. The maximum atomic E-state index is 12.8. The summed E-state index contributed by atoms with van der Waals surface area (Å²) in [6.07, 6.45) is 1.94. The van der Waals surface area contributed by atoms with E-state index in [1.807, 2.05) is 0 Å². The highest BCUT2D eigenvalue weighted by Gasteiger charge is 2.10. The number of anilines is 1. The summed E-state index contributed by atoms with van der Waals surface area (Å²) in [7, 11) is 0. The fraction of sp³-hybridized carbons (Fsp3) is 0.111. The molecular weight excluding hydrogens is 309 g/mol. The zero-order chi connectivity index (χ0) is 17.4. The van der Waals surface area contributed by atoms with Crippen molar-refractivity contribution in [3.63, 3.8) is 0 Å². The van der Waals surface area contributed by atoms with E-state index in [0.717, 1.165) is 5.56 Å². The lowest BCUT2D eigenvalue weighted by atomic mass is 10.1. The van der Waals surface area contributed by atoms with Gasteiger partial charge in [0.15, 0.2) is 0 Å². The molecule has 5 nitrogen and oxygen atoms in total. The van der Waals surface area contributed by atoms with E-state index in [4.69, 9.17) is 5.26 Å². The monoisotopic (exact) mass is 325 g/mol. The summed E-state index contributed by atoms with van der Waals surface area (Å²) in [5.74, 6) is -0.986. The van der Waals surface area contributed by atoms with Gasteiger partial charge in [-0.2, -0.15) is 5.26 Å². The van der Waals surface area contributed by atoms with Gasteiger partial charge >= 0.3 is 0 Å². The van der Waals surface area contributed by atoms with Gasteiger partial charge in [-0.25, -0.2) is 4.39 Å². The molecule has 3 N–H and O–H groups in total. The first-order valence-corrected chi connectivity index (χ1v) is 7.27. The number of halogens is 1. The van der Waals surface area contributed by atoms with Crippen molar-refractivity contribution in [1.29, 1.82) is 5.26 Å². The number of nitrogens with zero attached hydrogens (tertiary/aromatic N) is 1. The maximum Gasteiger partial charge on any atom is 0.267 e. The van der Waals surface area contributed by atoms with Gasteiger partial charge in [0.1, 0.15) is 23.2 Å². The number of phenols is 1. The van der Waals surface area contributed by atoms with E-state index >= 15 is 0 Å². The van der Waals surface area contributed by atoms with Crippen LogP contribution in [0.3, 0.4) is 0 Å². The van der Waals surface area contributed by atoms with E-state index in [9.17, 15) is 14.3 Å². The molecule has 0 radical (unpaired) electrons. The molecule has 122 valence electrons. The van der Waals surface area contributed by atoms with Crippen molar-refractivity contribution in [2.75, 3.05) is 11.9 Å². The highest BCUT2D eigenvalue weighted by molar-refractivity contribution is 6.07. The Kier molecular flexibility index (Phi) is 5.92. The molecule has 0 aliphatic carbocycles. The number of nitriles is 1. The first kappa shape index (κ1) is 17.0. The number of hydrogen-bond donors (Lipinski definition) is 3. The third kappa shape index (κ3) is 4.85. The lowest BCUT2D eigenvalue weighted by Gasteiger charge is -2.07. The second-order valence-electron chi connectivity index (χ2n) is 4.97. The third-order valence-electron chi connectivity index (χ3n) is 3.23. The summed E-state index contributed by atoms with van der Waals surface area (Å²) < 4.78 is 12.8. The highest BCUT2D eigenvalue weighted by Crippen LogP contribution is 2.21. The molecule has 2 aromatic carbocycles. The van der Waals surface area contributed by atoms with Crippen molar-refractivity contribution < 1.29 is 14.3 Å². The maximum absolute atomic E-state index is 12.8. The average molecular weight is 325 g/mol. The highest BCUT2D eigenvalue weighted by atomic mass is 19.1. The molecule has 24 heavy (non-hydrogen) atoms. The predicted molar refractivity (Wildman–Crippen MR) is 88.5 cm³/mol. The molecule has 6 heteroatoms. The number of rotatable bonds is 6. The number of nitrogens with one attached hydrogen (secondary N) is 2. The van der Waals surface area contributed by atoms with Crippen LogP contribution in [-0.4, -0.2) is 17.6 Å². The van der Waals surface area contributed by atoms with Crippen LogP contribution in [0.4, 0.5) is 10.1 Å². The quantitative estimate of drug-likeness (QED) is 0.330. The van der Waals surface area contributed by atoms with Crippen molar-refractivity contribution in [3.8, 4) is 11.8 Å². The van der Waals surface area contributed by atoms with Gasteiger partial charge in [0.2, 0.25) is 0 Å². The van der Waals surface area contributed by atoms with Crippen LogP contribution in [0.1, 0.15) is 5.56 Å². The first-order valence-electron chi connectivity index (χ1n) is 7.27. The van der Waals surface area contributed by atoms with Crippen molar-refractivity contribution in [3.05, 3.63) is 71.7 Å². The van der Waals surface area contributed by atoms with Gasteiger partial charge in [-0.05, 0) is 36.2 Å². The Hall–Kier alpha value is -3.33. The number of phenolic OH excluding ortho intramolecular Hbond substituents is 1. The number of benzene rings is 2. The van der Waals surface area contributed by atoms with E-state index in [1.54, 1.807) is 30.3 Å². The van der Waals surface area contributed by atoms with Crippen LogP contribution < -0.4 is 10.6 Å². The fourth-order valence-electron chi connectivity index (χ4n) is 1.96. The summed E-state index contributed by atoms with van der Waals surface area (Å²) in [5.41, 5.74) is 1.06. The minimum Gasteiger partial charge on any atom is -0.506 e. The zero-order valence-corrected chi connectivity index (χ0v) is 12.8. The number of aromatic hydroxyl groups is 1. The van der Waals surface area contributed by atoms with Crippen LogP contribution in [0.25, 0.3) is 0 Å². The van der Waals surface area contributed by atoms with Gasteiger partial charge < -0.3 is 15.7 Å². The SMILES string of the molecule is N#C/C(=C/NCCc1ccc(F)cc1)C(=O)Nc1ccccc1O. The summed E-state index contributed by atoms with van der Waals surface area (Å²) in [6, 6.07) is 14.2. The lowest BCUT2D eigenvalue weighted by molar-refractivity contribution is -0.112. The molecule has 0 unspecified atom stereocenters. The molecule has 0 saturated heterocycles. The van der Waals surface area contributed by atoms with Crippen LogP contribution in [0.15, 0.2) is 60.3 Å². The molecule has 0 fully saturated rings. The topological polar surface area (TPSA) is 85.2 Å². The Bertz CT molecular complexity index is 780. The van der Waals surface area contributed by atoms with Crippen LogP contribution in [0, 0.1) is 17.1 Å². The average Bonchev–Trinajstić information content (AvgIpc) is 2.58. The second-order valence-corrected chi connectivity index (χ2v) is 4.97. The van der Waals surface area contributed by atoms with Gasteiger partial charge in [-0.3, -0.25) is 4.79 Å². The van der Waals surface area contributed by atoms with Crippen LogP contribution in [0.2, 0.25) is 0 Å². The molecule has 0 heterocycles. The molecule has 0 aliphatic rings. The Balaban J connectivity index is 1.89. The van der Waals surface area contributed by atoms with E-state index in [1.165, 1.54) is 30.5 Å². The molecule has 0 saturated carbocycles. The summed E-state index contributed by atoms with van der Waals surface area (Å²) >= 11 is 0. The number of amides is 1. The molecule has 2 rings (SSSR count). The standard InChI is InChI=1S/C18H16FN3O2/c19-15-7-5-13(6-8-15)9-10-21-12-14(11-20)18(24)22-16-3-1-2-4-17(16)23/h1-8,12,21,23H,9-10H2,(H,22,24)/b14-12-. The van der Waals surface area contributed by atoms with E-state index < -0.39 is 5.91 Å². The first-order chi connectivity index (χ1) is 11.6. The number of hydrogen-bond acceptors (Lipinski definition) is 4. The second kappa shape index (κ2) is 8.34. The van der Waals surface area contributed by atoms with E-state index in [0.29, 0.717) is 13.0 Å². The molecule has 0 aromatic heterocycles. The van der Waals surface area contributed by atoms with Gasteiger partial charge in [0, 0.05) is 12.7 Å². The Morgan fingerprint density at radius 3 is 2.58 bits per heavy atom. The molecule has 0 aliphatic heterocycles. The van der Waals surface area contributed by atoms with Gasteiger partial charge in [0.25, 0.3) is 5.91 Å². The van der Waals surface area contributed by atoms with Crippen molar-refractivity contribution in [2.45, 2.75) is 6.42 Å². The Morgan fingerprint density at radius 2 is 1.92 bits per heavy atom. The van der Waals surface area contributed by atoms with Gasteiger partial charge in [-0.15, -0.1) is 0 Å². The van der Waals surface area contributed by atoms with Crippen molar-refractivity contribution >= 4 is 11.6 Å². The largest absolute Gasteiger partial charge is 0.506 e. The molecule has 0 atom stereocenters. The summed E-state index contributed by atoms with van der Waals surface area (Å²) in [4.78, 5) is 12.0. The zero-order valence-electron chi connectivity index (χ0n) is 12.8. The normalized spacial score (nSPS) is 10.8. The van der Waals surface area contributed by atoms with Gasteiger partial charge in [-0.1, -0.05) is 24.3 Å².